The number of nitrogens with two attached hydrogens (primary N) is 1. The Kier molecular flexibility index (Phi) is 9.59. The van der Waals surface area contributed by atoms with Gasteiger partial charge in [-0.1, -0.05) is 0 Å². The van der Waals surface area contributed by atoms with Gasteiger partial charge in [0.15, 0.2) is 22.3 Å². The highest BCUT2D eigenvalue weighted by atomic mass is 127. The molecule has 1 fully saturated rings. The highest BCUT2D eigenvalue weighted by Gasteiger charge is 2.39. The van der Waals surface area contributed by atoms with Gasteiger partial charge in [0.05, 0.1) is 12.3 Å². The number of sulfonamides is 1. The minimum Gasteiger partial charge on any atom is -0.491 e. The number of carbonyl (C=O) groups excluding carboxylic acids is 1. The third-order valence-electron chi connectivity index (χ3n) is 6.42. The van der Waals surface area contributed by atoms with Crippen molar-refractivity contribution in [3.8, 4) is 5.75 Å². The Morgan fingerprint density at radius 2 is 1.93 bits per heavy atom. The van der Waals surface area contributed by atoms with Gasteiger partial charge in [-0.05, 0) is 96.2 Å². The largest absolute Gasteiger partial charge is 0.491 e. The van der Waals surface area contributed by atoms with E-state index in [1.165, 1.54) is 12.4 Å². The Labute approximate surface area is 244 Å². The Balaban J connectivity index is 1.91. The van der Waals surface area contributed by atoms with Gasteiger partial charge in [0.25, 0.3) is 5.91 Å². The molecule has 214 valence electrons. The second-order valence-electron chi connectivity index (χ2n) is 9.51. The van der Waals surface area contributed by atoms with Crippen LogP contribution in [-0.2, 0) is 16.6 Å². The van der Waals surface area contributed by atoms with Crippen molar-refractivity contribution in [1.29, 1.82) is 0 Å². The van der Waals surface area contributed by atoms with Crippen molar-refractivity contribution < 1.29 is 31.8 Å². The number of hydrogen-bond acceptors (Lipinski definition) is 7. The number of hydrogen-bond donors (Lipinski definition) is 3. The molecule has 1 saturated carbocycles. The summed E-state index contributed by atoms with van der Waals surface area (Å²) in [5.41, 5.74) is 6.01. The molecule has 3 aromatic rings. The second-order valence-corrected chi connectivity index (χ2v) is 12.6. The van der Waals surface area contributed by atoms with Crippen molar-refractivity contribution >= 4 is 49.9 Å². The summed E-state index contributed by atoms with van der Waals surface area (Å²) in [6, 6.07) is 8.31. The summed E-state index contributed by atoms with van der Waals surface area (Å²) in [6.07, 6.45) is 4.59. The van der Waals surface area contributed by atoms with Crippen LogP contribution in [-0.4, -0.2) is 48.5 Å². The molecule has 13 heteroatoms. The number of aliphatic hydroxyl groups is 1. The lowest BCUT2D eigenvalue weighted by atomic mass is 10.1. The molecular formula is C27H29F2IN4O5S. The zero-order valence-corrected chi connectivity index (χ0v) is 24.6. The minimum absolute atomic E-state index is 0.00311. The van der Waals surface area contributed by atoms with E-state index in [-0.39, 0.29) is 38.6 Å². The van der Waals surface area contributed by atoms with E-state index in [2.05, 4.69) is 32.9 Å². The first-order valence-electron chi connectivity index (χ1n) is 12.5. The van der Waals surface area contributed by atoms with Crippen molar-refractivity contribution in [1.82, 2.24) is 9.29 Å². The number of rotatable bonds is 13. The van der Waals surface area contributed by atoms with Gasteiger partial charge in [-0.2, -0.15) is 4.31 Å². The van der Waals surface area contributed by atoms with Crippen LogP contribution in [0.15, 0.2) is 47.6 Å². The molecule has 1 aliphatic rings. The molecule has 2 aromatic carbocycles. The van der Waals surface area contributed by atoms with E-state index < -0.39 is 49.5 Å². The predicted octanol–water partition coefficient (Wildman–Crippen LogP) is 4.48. The molecule has 9 nitrogen and oxygen atoms in total. The fourth-order valence-corrected chi connectivity index (χ4v) is 6.41. The minimum atomic E-state index is -4.82. The van der Waals surface area contributed by atoms with Gasteiger partial charge >= 0.3 is 0 Å². The molecule has 1 aliphatic carbocycles. The molecule has 0 aliphatic heterocycles. The molecule has 0 unspecified atom stereocenters. The SMILES string of the molecule is Cc1cc(I)ccc1Nc1c(F)c(F)c(S(=O)(=O)N(CCCO)Cc2ccncc2)c(OCC2CC2)c1C(N)=O. The monoisotopic (exact) mass is 686 g/mol. The molecule has 1 heterocycles. The van der Waals surface area contributed by atoms with Gasteiger partial charge in [0, 0.05) is 41.3 Å². The van der Waals surface area contributed by atoms with Gasteiger partial charge in [-0.25, -0.2) is 17.2 Å². The summed E-state index contributed by atoms with van der Waals surface area (Å²) in [5, 5.41) is 12.1. The molecule has 0 spiro atoms. The van der Waals surface area contributed by atoms with Crippen LogP contribution >= 0.6 is 22.6 Å². The van der Waals surface area contributed by atoms with Crippen molar-refractivity contribution in [3.05, 3.63) is 74.6 Å². The van der Waals surface area contributed by atoms with Gasteiger partial charge in [0.1, 0.15) is 5.56 Å². The third-order valence-corrected chi connectivity index (χ3v) is 8.96. The van der Waals surface area contributed by atoms with Crippen LogP contribution in [0.5, 0.6) is 5.75 Å². The third kappa shape index (κ3) is 6.70. The Morgan fingerprint density at radius 3 is 2.52 bits per heavy atom. The summed E-state index contributed by atoms with van der Waals surface area (Å²) < 4.78 is 67.4. The number of carbonyl (C=O) groups is 1. The van der Waals surface area contributed by atoms with E-state index in [9.17, 15) is 18.3 Å². The molecule has 0 bridgehead atoms. The molecule has 0 atom stereocenters. The van der Waals surface area contributed by atoms with Crippen LogP contribution in [0, 0.1) is 28.0 Å². The van der Waals surface area contributed by atoms with E-state index in [4.69, 9.17) is 10.5 Å². The number of aliphatic hydroxyl groups excluding tert-OH is 1. The number of pyridine rings is 1. The fraction of sp³-hybridized carbons (Fsp3) is 0.333. The number of primary amides is 1. The molecule has 1 amide bonds. The van der Waals surface area contributed by atoms with Crippen molar-refractivity contribution in [2.75, 3.05) is 25.1 Å². The summed E-state index contributed by atoms with van der Waals surface area (Å²) in [4.78, 5) is 15.6. The van der Waals surface area contributed by atoms with Gasteiger partial charge < -0.3 is 20.9 Å². The number of halogens is 3. The van der Waals surface area contributed by atoms with Crippen molar-refractivity contribution in [2.45, 2.75) is 37.6 Å². The maximum absolute atomic E-state index is 16.0. The van der Waals surface area contributed by atoms with Crippen LogP contribution in [0.2, 0.25) is 0 Å². The van der Waals surface area contributed by atoms with E-state index in [1.54, 1.807) is 37.3 Å². The number of anilines is 2. The summed E-state index contributed by atoms with van der Waals surface area (Å²) >= 11 is 2.10. The Morgan fingerprint density at radius 1 is 1.23 bits per heavy atom. The maximum Gasteiger partial charge on any atom is 0.254 e. The van der Waals surface area contributed by atoms with Gasteiger partial charge in [-0.15, -0.1) is 0 Å². The number of ether oxygens (including phenoxy) is 1. The first-order chi connectivity index (χ1) is 19.0. The molecule has 0 saturated heterocycles. The molecule has 4 rings (SSSR count). The first kappa shape index (κ1) is 30.1. The number of amides is 1. The Hall–Kier alpha value is -2.88. The zero-order valence-electron chi connectivity index (χ0n) is 21.7. The van der Waals surface area contributed by atoms with E-state index in [0.29, 0.717) is 16.8 Å². The van der Waals surface area contributed by atoms with Gasteiger partial charge in [0.2, 0.25) is 10.0 Å². The molecule has 1 aromatic heterocycles. The van der Waals surface area contributed by atoms with Crippen LogP contribution in [0.3, 0.4) is 0 Å². The predicted molar refractivity (Wildman–Crippen MR) is 154 cm³/mol. The highest BCUT2D eigenvalue weighted by molar-refractivity contribution is 14.1. The van der Waals surface area contributed by atoms with Crippen molar-refractivity contribution in [3.63, 3.8) is 0 Å². The van der Waals surface area contributed by atoms with Crippen LogP contribution < -0.4 is 15.8 Å². The lowest BCUT2D eigenvalue weighted by molar-refractivity contribution is 0.0995. The Bertz CT molecular complexity index is 1500. The lowest BCUT2D eigenvalue weighted by Crippen LogP contribution is -2.34. The average molecular weight is 687 g/mol. The summed E-state index contributed by atoms with van der Waals surface area (Å²) in [6.45, 7) is 0.968. The average Bonchev–Trinajstić information content (AvgIpc) is 3.74. The lowest BCUT2D eigenvalue weighted by Gasteiger charge is -2.26. The maximum atomic E-state index is 16.0. The fourth-order valence-electron chi connectivity index (χ4n) is 4.11. The first-order valence-corrected chi connectivity index (χ1v) is 15.1. The van der Waals surface area contributed by atoms with Crippen LogP contribution in [0.1, 0.15) is 40.7 Å². The van der Waals surface area contributed by atoms with E-state index >= 15 is 8.78 Å². The molecule has 0 radical (unpaired) electrons. The molecule has 4 N–H and O–H groups in total. The normalized spacial score (nSPS) is 13.4. The van der Waals surface area contributed by atoms with E-state index in [1.807, 2.05) is 0 Å². The topological polar surface area (TPSA) is 135 Å². The number of nitrogens with zero attached hydrogens (tertiary/aromatic N) is 2. The van der Waals surface area contributed by atoms with E-state index in [0.717, 1.165) is 20.7 Å². The number of benzene rings is 2. The molecular weight excluding hydrogens is 657 g/mol. The highest BCUT2D eigenvalue weighted by Crippen LogP contribution is 2.43. The van der Waals surface area contributed by atoms with Crippen LogP contribution in [0.4, 0.5) is 20.2 Å². The zero-order chi connectivity index (χ0) is 29.0. The smallest absolute Gasteiger partial charge is 0.254 e. The summed E-state index contributed by atoms with van der Waals surface area (Å²) in [5.74, 6) is -5.04. The number of aromatic nitrogens is 1. The number of nitrogens with one attached hydrogen (secondary N) is 1. The summed E-state index contributed by atoms with van der Waals surface area (Å²) in [7, 11) is -4.82. The number of aryl methyl sites for hydroxylation is 1. The second kappa shape index (κ2) is 12.7. The molecule has 40 heavy (non-hydrogen) atoms. The van der Waals surface area contributed by atoms with Gasteiger partial charge in [-0.3, -0.25) is 9.78 Å². The standard InChI is InChI=1S/C27H29F2IN4O5S/c1-16-13-19(30)5-6-20(16)33-24-21(27(31)36)25(39-15-18-3-4-18)26(23(29)22(24)28)40(37,38)34(11-2-12-35)14-17-7-9-32-10-8-17/h5-10,13,18,33,35H,2-4,11-12,14-15H2,1H3,(H2,31,36). The van der Waals surface area contributed by atoms with Crippen LogP contribution in [0.25, 0.3) is 0 Å². The van der Waals surface area contributed by atoms with Crippen molar-refractivity contribution in [2.24, 2.45) is 11.7 Å². The quantitative estimate of drug-likeness (QED) is 0.226.